The summed E-state index contributed by atoms with van der Waals surface area (Å²) in [7, 11) is 0. The van der Waals surface area contributed by atoms with Crippen LogP contribution in [-0.2, 0) is 9.59 Å². The van der Waals surface area contributed by atoms with E-state index in [1.807, 2.05) is 0 Å². The molecule has 2 aromatic rings. The number of ketones is 1. The molecule has 0 saturated heterocycles. The molecular weight excluding hydrogens is 434 g/mol. The number of hydrogen-bond acceptors (Lipinski definition) is 4. The van der Waals surface area contributed by atoms with E-state index < -0.39 is 22.6 Å². The Kier molecular flexibility index (Phi) is 5.34. The Balaban J connectivity index is 1.93. The number of nitro groups is 1. The van der Waals surface area contributed by atoms with E-state index in [2.05, 4.69) is 0 Å². The quantitative estimate of drug-likeness (QED) is 0.454. The Labute approximate surface area is 181 Å². The van der Waals surface area contributed by atoms with Gasteiger partial charge < -0.3 is 0 Å². The van der Waals surface area contributed by atoms with Crippen molar-refractivity contribution in [3.8, 4) is 0 Å². The normalized spacial score (nSPS) is 19.2. The number of amides is 1. The fourth-order valence-electron chi connectivity index (χ4n) is 4.15. The largest absolute Gasteiger partial charge is 0.294 e. The van der Waals surface area contributed by atoms with E-state index in [4.69, 9.17) is 23.2 Å². The van der Waals surface area contributed by atoms with E-state index in [9.17, 15) is 24.1 Å². The van der Waals surface area contributed by atoms with Crippen molar-refractivity contribution >= 4 is 46.3 Å². The van der Waals surface area contributed by atoms with Gasteiger partial charge in [-0.2, -0.15) is 0 Å². The van der Waals surface area contributed by atoms with Crippen LogP contribution in [0, 0.1) is 15.9 Å². The van der Waals surface area contributed by atoms with E-state index in [0.29, 0.717) is 24.1 Å². The number of nitrogens with zero attached hydrogens (tertiary/aromatic N) is 2. The first-order chi connectivity index (χ1) is 14.3. The van der Waals surface area contributed by atoms with Crippen molar-refractivity contribution < 1.29 is 18.9 Å². The summed E-state index contributed by atoms with van der Waals surface area (Å²) in [5, 5.41) is 11.5. The van der Waals surface area contributed by atoms with Crippen molar-refractivity contribution in [2.24, 2.45) is 0 Å². The van der Waals surface area contributed by atoms with Gasteiger partial charge in [0.05, 0.1) is 15.6 Å². The van der Waals surface area contributed by atoms with Crippen LogP contribution in [0.3, 0.4) is 0 Å². The maximum absolute atomic E-state index is 14.6. The fraction of sp³-hybridized carbons (Fsp3) is 0.238. The van der Waals surface area contributed by atoms with Crippen LogP contribution in [0.15, 0.2) is 47.7 Å². The van der Waals surface area contributed by atoms with Crippen molar-refractivity contribution in [3.63, 3.8) is 0 Å². The lowest BCUT2D eigenvalue weighted by atomic mass is 9.77. The van der Waals surface area contributed by atoms with Crippen LogP contribution in [0.4, 0.5) is 15.8 Å². The molecule has 1 heterocycles. The molecule has 6 nitrogen and oxygen atoms in total. The summed E-state index contributed by atoms with van der Waals surface area (Å²) in [6.45, 7) is 0. The molecule has 9 heteroatoms. The molecule has 0 spiro atoms. The molecule has 154 valence electrons. The lowest BCUT2D eigenvalue weighted by Crippen LogP contribution is -2.41. The molecule has 1 aliphatic carbocycles. The molecule has 0 fully saturated rings. The van der Waals surface area contributed by atoms with Gasteiger partial charge in [-0.15, -0.1) is 0 Å². The first kappa shape index (κ1) is 20.5. The Bertz CT molecular complexity index is 1110. The van der Waals surface area contributed by atoms with Gasteiger partial charge in [0, 0.05) is 52.7 Å². The second-order valence-corrected chi connectivity index (χ2v) is 7.97. The number of Topliss-reactive ketones (excluding diaryl/α,β-unsaturated/α-hetero) is 1. The maximum Gasteiger partial charge on any atom is 0.271 e. The highest BCUT2D eigenvalue weighted by atomic mass is 35.5. The number of hydrogen-bond donors (Lipinski definition) is 0. The Hall–Kier alpha value is -2.77. The Morgan fingerprint density at radius 3 is 2.57 bits per heavy atom. The highest BCUT2D eigenvalue weighted by Crippen LogP contribution is 2.47. The van der Waals surface area contributed by atoms with Crippen molar-refractivity contribution in [2.45, 2.75) is 31.6 Å². The Morgan fingerprint density at radius 1 is 1.10 bits per heavy atom. The highest BCUT2D eigenvalue weighted by Gasteiger charge is 2.42. The van der Waals surface area contributed by atoms with Crippen LogP contribution < -0.4 is 4.90 Å². The van der Waals surface area contributed by atoms with Gasteiger partial charge in [-0.3, -0.25) is 24.6 Å². The molecule has 30 heavy (non-hydrogen) atoms. The van der Waals surface area contributed by atoms with Gasteiger partial charge in [0.1, 0.15) is 5.82 Å². The van der Waals surface area contributed by atoms with Gasteiger partial charge in [-0.05, 0) is 31.0 Å². The minimum absolute atomic E-state index is 0.111. The summed E-state index contributed by atoms with van der Waals surface area (Å²) in [4.78, 5) is 38.0. The van der Waals surface area contributed by atoms with Crippen molar-refractivity contribution in [1.82, 2.24) is 0 Å². The second-order valence-electron chi connectivity index (χ2n) is 7.15. The first-order valence-electron chi connectivity index (χ1n) is 9.26. The minimum Gasteiger partial charge on any atom is -0.294 e. The second kappa shape index (κ2) is 7.81. The van der Waals surface area contributed by atoms with Crippen LogP contribution >= 0.6 is 23.2 Å². The number of carbonyl (C=O) groups is 2. The number of carbonyl (C=O) groups excluding carboxylic acids is 2. The summed E-state index contributed by atoms with van der Waals surface area (Å²) in [6, 6.07) is 8.00. The molecule has 4 rings (SSSR count). The van der Waals surface area contributed by atoms with E-state index in [1.54, 1.807) is 0 Å². The summed E-state index contributed by atoms with van der Waals surface area (Å²) < 4.78 is 14.6. The average Bonchev–Trinajstić information content (AvgIpc) is 2.68. The van der Waals surface area contributed by atoms with E-state index >= 15 is 0 Å². The zero-order valence-corrected chi connectivity index (χ0v) is 17.0. The van der Waals surface area contributed by atoms with Gasteiger partial charge in [-0.1, -0.05) is 29.3 Å². The van der Waals surface area contributed by atoms with Crippen molar-refractivity contribution in [2.75, 3.05) is 4.90 Å². The minimum atomic E-state index is -0.817. The van der Waals surface area contributed by atoms with Crippen molar-refractivity contribution in [3.05, 3.63) is 79.2 Å². The molecular formula is C21H15Cl2FN2O4. The molecule has 0 saturated carbocycles. The van der Waals surface area contributed by atoms with Crippen LogP contribution in [0.5, 0.6) is 0 Å². The number of halogens is 3. The first-order valence-corrected chi connectivity index (χ1v) is 10.0. The number of non-ortho nitro benzene ring substituents is 1. The molecule has 0 aromatic heterocycles. The van der Waals surface area contributed by atoms with Crippen molar-refractivity contribution in [1.29, 1.82) is 0 Å². The van der Waals surface area contributed by atoms with Crippen LogP contribution in [0.2, 0.25) is 10.0 Å². The summed E-state index contributed by atoms with van der Waals surface area (Å²) in [5.41, 5.74) is 0.728. The third-order valence-electron chi connectivity index (χ3n) is 5.40. The van der Waals surface area contributed by atoms with Gasteiger partial charge in [0.2, 0.25) is 5.91 Å². The van der Waals surface area contributed by atoms with Crippen LogP contribution in [-0.4, -0.2) is 16.6 Å². The lowest BCUT2D eigenvalue weighted by molar-refractivity contribution is -0.384. The van der Waals surface area contributed by atoms with Crippen LogP contribution in [0.1, 0.15) is 37.2 Å². The molecule has 1 aliphatic heterocycles. The van der Waals surface area contributed by atoms with Gasteiger partial charge >= 0.3 is 0 Å². The number of benzene rings is 2. The van der Waals surface area contributed by atoms with Crippen LogP contribution in [0.25, 0.3) is 0 Å². The maximum atomic E-state index is 14.6. The number of anilines is 1. The Morgan fingerprint density at radius 2 is 1.87 bits per heavy atom. The number of allylic oxidation sites excluding steroid dienone is 2. The van der Waals surface area contributed by atoms with Gasteiger partial charge in [-0.25, -0.2) is 4.39 Å². The monoisotopic (exact) mass is 448 g/mol. The molecule has 0 N–H and O–H groups in total. The van der Waals surface area contributed by atoms with Gasteiger partial charge in [0.25, 0.3) is 5.69 Å². The standard InChI is InChI=1S/C21H15Cl2FN2O4/c22-13-8-7-11(26(29)30)9-17(13)25-16-5-2-6-18(27)21(16)12(10-19(25)28)20-14(23)3-1-4-15(20)24/h1,3-4,7-9,12H,2,5-6,10H2. The number of nitro benzene ring substituents is 1. The van der Waals surface area contributed by atoms with Gasteiger partial charge in [0.15, 0.2) is 5.78 Å². The molecule has 1 atom stereocenters. The summed E-state index contributed by atoms with van der Waals surface area (Å²) >= 11 is 12.5. The lowest BCUT2D eigenvalue weighted by Gasteiger charge is -2.38. The summed E-state index contributed by atoms with van der Waals surface area (Å²) in [5.74, 6) is -2.04. The molecule has 2 aromatic carbocycles. The smallest absolute Gasteiger partial charge is 0.271 e. The third-order valence-corrected chi connectivity index (χ3v) is 6.05. The average molecular weight is 449 g/mol. The molecule has 0 bridgehead atoms. The van der Waals surface area contributed by atoms with E-state index in [-0.39, 0.29) is 45.6 Å². The zero-order chi connectivity index (χ0) is 21.6. The summed E-state index contributed by atoms with van der Waals surface area (Å²) in [6.07, 6.45) is 0.955. The molecule has 0 radical (unpaired) electrons. The third kappa shape index (κ3) is 3.38. The predicted molar refractivity (Wildman–Crippen MR) is 110 cm³/mol. The molecule has 1 amide bonds. The topological polar surface area (TPSA) is 80.5 Å². The number of rotatable bonds is 3. The van der Waals surface area contributed by atoms with E-state index in [1.165, 1.54) is 41.3 Å². The SMILES string of the molecule is O=C1CCCC2=C1C(c1c(F)cccc1Cl)CC(=O)N2c1cc([N+](=O)[O-])ccc1Cl. The zero-order valence-electron chi connectivity index (χ0n) is 15.5. The predicted octanol–water partition coefficient (Wildman–Crippen LogP) is 5.57. The molecule has 2 aliphatic rings. The highest BCUT2D eigenvalue weighted by molar-refractivity contribution is 6.34. The fourth-order valence-corrected chi connectivity index (χ4v) is 4.65. The van der Waals surface area contributed by atoms with E-state index in [0.717, 1.165) is 0 Å². The molecule has 1 unspecified atom stereocenters.